The average molecular weight is 336 g/mol. The molecule has 2 aromatic heterocycles. The summed E-state index contributed by atoms with van der Waals surface area (Å²) in [5.41, 5.74) is 0. The molecule has 0 saturated carbocycles. The third-order valence-electron chi connectivity index (χ3n) is 3.12. The van der Waals surface area contributed by atoms with Gasteiger partial charge in [-0.25, -0.2) is 0 Å². The Kier molecular flexibility index (Phi) is 6.30. The zero-order valence-electron chi connectivity index (χ0n) is 13.2. The molecule has 0 fully saturated rings. The van der Waals surface area contributed by atoms with Gasteiger partial charge in [0.15, 0.2) is 5.82 Å². The van der Waals surface area contributed by atoms with E-state index in [1.165, 1.54) is 17.6 Å². The lowest BCUT2D eigenvalue weighted by Crippen LogP contribution is -2.42. The maximum absolute atomic E-state index is 12.5. The Hall–Kier alpha value is -2.19. The highest BCUT2D eigenvalue weighted by atomic mass is 32.1. The minimum atomic E-state index is -0.294. The molecule has 7 nitrogen and oxygen atoms in total. The summed E-state index contributed by atoms with van der Waals surface area (Å²) in [6.07, 6.45) is 1.68. The van der Waals surface area contributed by atoms with Crippen molar-refractivity contribution in [2.24, 2.45) is 0 Å². The lowest BCUT2D eigenvalue weighted by Gasteiger charge is -2.23. The molecule has 1 N–H and O–H groups in total. The summed E-state index contributed by atoms with van der Waals surface area (Å²) in [5.74, 6) is -0.0185. The highest BCUT2D eigenvalue weighted by molar-refractivity contribution is 7.10. The van der Waals surface area contributed by atoms with Crippen molar-refractivity contribution in [3.63, 3.8) is 0 Å². The molecule has 8 heteroatoms. The van der Waals surface area contributed by atoms with Crippen LogP contribution in [0.3, 0.4) is 0 Å². The molecular weight excluding hydrogens is 316 g/mol. The van der Waals surface area contributed by atoms with Crippen LogP contribution < -0.4 is 5.32 Å². The lowest BCUT2D eigenvalue weighted by molar-refractivity contribution is -0.134. The van der Waals surface area contributed by atoms with Gasteiger partial charge in [0.05, 0.1) is 13.0 Å². The Bertz CT molecular complexity index is 611. The van der Waals surface area contributed by atoms with Gasteiger partial charge in [0.25, 0.3) is 0 Å². The number of amides is 2. The Labute approximate surface area is 138 Å². The predicted octanol–water partition coefficient (Wildman–Crippen LogP) is 1.31. The third kappa shape index (κ3) is 5.84. The van der Waals surface area contributed by atoms with Gasteiger partial charge in [-0.15, -0.1) is 11.3 Å². The summed E-state index contributed by atoms with van der Waals surface area (Å²) in [5, 5.41) is 8.17. The van der Waals surface area contributed by atoms with Gasteiger partial charge in [-0.05, 0) is 25.5 Å². The number of rotatable bonds is 8. The van der Waals surface area contributed by atoms with Crippen LogP contribution in [0.25, 0.3) is 0 Å². The summed E-state index contributed by atoms with van der Waals surface area (Å²) >= 11 is 1.53. The number of thiophene rings is 1. The molecule has 2 rings (SSSR count). The molecule has 0 saturated heterocycles. The van der Waals surface area contributed by atoms with Crippen molar-refractivity contribution in [2.75, 3.05) is 39.0 Å². The van der Waals surface area contributed by atoms with E-state index in [1.807, 2.05) is 36.5 Å². The molecule has 2 amide bonds. The van der Waals surface area contributed by atoms with Crippen LogP contribution in [0.2, 0.25) is 0 Å². The number of nitrogens with zero attached hydrogens (tertiary/aromatic N) is 3. The van der Waals surface area contributed by atoms with E-state index in [9.17, 15) is 9.59 Å². The number of aromatic nitrogens is 1. The average Bonchev–Trinajstić information content (AvgIpc) is 3.16. The zero-order chi connectivity index (χ0) is 16.7. The maximum atomic E-state index is 12.5. The molecule has 0 radical (unpaired) electrons. The molecular formula is C15H20N4O3S. The number of hydrogen-bond acceptors (Lipinski definition) is 6. The van der Waals surface area contributed by atoms with E-state index < -0.39 is 0 Å². The topological polar surface area (TPSA) is 78.7 Å². The standard InChI is InChI=1S/C15H20N4O3S/c1-18(2)6-7-19(15(21)10-12-4-3-9-23-12)11-14(20)16-13-5-8-22-17-13/h3-5,8-9H,6-7,10-11H2,1-2H3,(H,16,17,20). The van der Waals surface area contributed by atoms with Crippen molar-refractivity contribution in [3.05, 3.63) is 34.7 Å². The molecule has 2 aromatic rings. The van der Waals surface area contributed by atoms with Crippen molar-refractivity contribution in [1.29, 1.82) is 0 Å². The van der Waals surface area contributed by atoms with Crippen LogP contribution in [-0.4, -0.2) is 60.5 Å². The van der Waals surface area contributed by atoms with E-state index in [0.29, 0.717) is 25.3 Å². The largest absolute Gasteiger partial charge is 0.363 e. The minimum Gasteiger partial charge on any atom is -0.363 e. The first-order valence-corrected chi connectivity index (χ1v) is 8.07. The molecule has 23 heavy (non-hydrogen) atoms. The van der Waals surface area contributed by atoms with Crippen molar-refractivity contribution in [2.45, 2.75) is 6.42 Å². The molecule has 0 spiro atoms. The smallest absolute Gasteiger partial charge is 0.245 e. The van der Waals surface area contributed by atoms with Gasteiger partial charge in [-0.1, -0.05) is 11.2 Å². The highest BCUT2D eigenvalue weighted by Gasteiger charge is 2.18. The summed E-state index contributed by atoms with van der Waals surface area (Å²) in [6, 6.07) is 5.38. The van der Waals surface area contributed by atoms with E-state index in [4.69, 9.17) is 0 Å². The molecule has 0 bridgehead atoms. The molecule has 0 atom stereocenters. The summed E-state index contributed by atoms with van der Waals surface area (Å²) in [6.45, 7) is 1.17. The van der Waals surface area contributed by atoms with Crippen molar-refractivity contribution in [3.8, 4) is 0 Å². The quantitative estimate of drug-likeness (QED) is 0.786. The van der Waals surface area contributed by atoms with Crippen LogP contribution in [0.5, 0.6) is 0 Å². The fourth-order valence-electron chi connectivity index (χ4n) is 1.92. The number of carbonyl (C=O) groups excluding carboxylic acids is 2. The number of carbonyl (C=O) groups is 2. The van der Waals surface area contributed by atoms with Gasteiger partial charge in [-0.3, -0.25) is 9.59 Å². The molecule has 2 heterocycles. The fraction of sp³-hybridized carbons (Fsp3) is 0.400. The molecule has 0 unspecified atom stereocenters. The first kappa shape index (κ1) is 17.2. The second kappa shape index (κ2) is 8.44. The lowest BCUT2D eigenvalue weighted by atomic mass is 10.3. The molecule has 0 aromatic carbocycles. The van der Waals surface area contributed by atoms with E-state index >= 15 is 0 Å². The van der Waals surface area contributed by atoms with Crippen LogP contribution in [0.15, 0.2) is 34.4 Å². The van der Waals surface area contributed by atoms with Gasteiger partial charge < -0.3 is 19.6 Å². The predicted molar refractivity (Wildman–Crippen MR) is 88.3 cm³/mol. The second-order valence-electron chi connectivity index (χ2n) is 5.31. The zero-order valence-corrected chi connectivity index (χ0v) is 14.0. The van der Waals surface area contributed by atoms with Gasteiger partial charge >= 0.3 is 0 Å². The number of nitrogens with one attached hydrogen (secondary N) is 1. The monoisotopic (exact) mass is 336 g/mol. The van der Waals surface area contributed by atoms with E-state index in [1.54, 1.807) is 11.0 Å². The van der Waals surface area contributed by atoms with Crippen LogP contribution in [-0.2, 0) is 16.0 Å². The number of anilines is 1. The fourth-order valence-corrected chi connectivity index (χ4v) is 2.62. The normalized spacial score (nSPS) is 10.7. The van der Waals surface area contributed by atoms with Crippen molar-refractivity contribution >= 4 is 29.0 Å². The second-order valence-corrected chi connectivity index (χ2v) is 6.34. The van der Waals surface area contributed by atoms with Crippen molar-refractivity contribution < 1.29 is 14.1 Å². The Balaban J connectivity index is 1.94. The van der Waals surface area contributed by atoms with E-state index in [-0.39, 0.29) is 18.4 Å². The molecule has 0 aliphatic heterocycles. The van der Waals surface area contributed by atoms with Crippen LogP contribution >= 0.6 is 11.3 Å². The SMILES string of the molecule is CN(C)CCN(CC(=O)Nc1ccon1)C(=O)Cc1cccs1. The molecule has 0 aliphatic carbocycles. The van der Waals surface area contributed by atoms with Crippen LogP contribution in [0.4, 0.5) is 5.82 Å². The van der Waals surface area contributed by atoms with E-state index in [0.717, 1.165) is 4.88 Å². The minimum absolute atomic E-state index is 0.00902. The van der Waals surface area contributed by atoms with Crippen LogP contribution in [0.1, 0.15) is 4.88 Å². The van der Waals surface area contributed by atoms with Gasteiger partial charge in [0.2, 0.25) is 11.8 Å². The van der Waals surface area contributed by atoms with Gasteiger partial charge in [0.1, 0.15) is 6.26 Å². The first-order valence-electron chi connectivity index (χ1n) is 7.19. The molecule has 0 aliphatic rings. The summed E-state index contributed by atoms with van der Waals surface area (Å²) in [4.78, 5) is 29.1. The number of hydrogen-bond donors (Lipinski definition) is 1. The summed E-state index contributed by atoms with van der Waals surface area (Å²) < 4.78 is 4.67. The Morgan fingerprint density at radius 3 is 2.74 bits per heavy atom. The third-order valence-corrected chi connectivity index (χ3v) is 3.99. The van der Waals surface area contributed by atoms with Gasteiger partial charge in [0, 0.05) is 24.0 Å². The molecule has 124 valence electrons. The van der Waals surface area contributed by atoms with E-state index in [2.05, 4.69) is 15.0 Å². The summed E-state index contributed by atoms with van der Waals surface area (Å²) in [7, 11) is 3.86. The maximum Gasteiger partial charge on any atom is 0.245 e. The van der Waals surface area contributed by atoms with Crippen molar-refractivity contribution in [1.82, 2.24) is 15.0 Å². The first-order chi connectivity index (χ1) is 11.0. The highest BCUT2D eigenvalue weighted by Crippen LogP contribution is 2.11. The van der Waals surface area contributed by atoms with Crippen LogP contribution in [0, 0.1) is 0 Å². The van der Waals surface area contributed by atoms with Gasteiger partial charge in [-0.2, -0.15) is 0 Å². The Morgan fingerprint density at radius 2 is 2.13 bits per heavy atom. The Morgan fingerprint density at radius 1 is 1.30 bits per heavy atom. The number of likely N-dealkylation sites (N-methyl/N-ethyl adjacent to an activating group) is 1.